The number of amides is 2. The molecule has 0 N–H and O–H groups in total. The fraction of sp³-hybridized carbons (Fsp3) is 0.300. The number of halogens is 1. The number of rotatable bonds is 3. The lowest BCUT2D eigenvalue weighted by atomic mass is 10.1. The van der Waals surface area contributed by atoms with Crippen LogP contribution in [0.15, 0.2) is 48.5 Å². The molecule has 2 aromatic carbocycles. The first kappa shape index (κ1) is 17.5. The summed E-state index contributed by atoms with van der Waals surface area (Å²) in [6.45, 7) is 4.20. The summed E-state index contributed by atoms with van der Waals surface area (Å²) in [4.78, 5) is 28.7. The standard InChI is InChI=1S/C20H21ClN2O2/c1-15-5-4-7-17(13-15)20(25)23-11-9-22(10-12-23)19(24)14-16-6-2-3-8-18(16)21/h2-8,13H,9-12,14H2,1H3. The van der Waals surface area contributed by atoms with Gasteiger partial charge in [-0.15, -0.1) is 0 Å². The Balaban J connectivity index is 1.57. The molecule has 1 aliphatic heterocycles. The van der Waals surface area contributed by atoms with Crippen LogP contribution in [0, 0.1) is 6.92 Å². The van der Waals surface area contributed by atoms with Crippen molar-refractivity contribution in [2.24, 2.45) is 0 Å². The molecule has 3 rings (SSSR count). The first-order valence-electron chi connectivity index (χ1n) is 8.42. The van der Waals surface area contributed by atoms with Gasteiger partial charge in [-0.2, -0.15) is 0 Å². The molecule has 25 heavy (non-hydrogen) atoms. The van der Waals surface area contributed by atoms with Gasteiger partial charge in [0.15, 0.2) is 0 Å². The molecule has 0 spiro atoms. The van der Waals surface area contributed by atoms with Gasteiger partial charge in [-0.1, -0.05) is 47.5 Å². The fourth-order valence-electron chi connectivity index (χ4n) is 3.04. The Bertz CT molecular complexity index is 783. The molecule has 0 bridgehead atoms. The monoisotopic (exact) mass is 356 g/mol. The van der Waals surface area contributed by atoms with Crippen LogP contribution in [0.2, 0.25) is 5.02 Å². The van der Waals surface area contributed by atoms with Crippen LogP contribution < -0.4 is 0 Å². The van der Waals surface area contributed by atoms with Crippen molar-refractivity contribution < 1.29 is 9.59 Å². The normalized spacial score (nSPS) is 14.5. The molecule has 0 aliphatic carbocycles. The van der Waals surface area contributed by atoms with Gasteiger partial charge in [-0.05, 0) is 30.7 Å². The van der Waals surface area contributed by atoms with Gasteiger partial charge < -0.3 is 9.80 Å². The maximum atomic E-state index is 12.6. The molecule has 1 fully saturated rings. The van der Waals surface area contributed by atoms with E-state index in [-0.39, 0.29) is 11.8 Å². The van der Waals surface area contributed by atoms with Gasteiger partial charge in [0.25, 0.3) is 5.91 Å². The second kappa shape index (κ2) is 7.70. The zero-order chi connectivity index (χ0) is 17.8. The van der Waals surface area contributed by atoms with Crippen molar-refractivity contribution in [3.8, 4) is 0 Å². The van der Waals surface area contributed by atoms with Gasteiger partial charge in [0.05, 0.1) is 6.42 Å². The number of carbonyl (C=O) groups is 2. The Morgan fingerprint density at radius 2 is 1.64 bits per heavy atom. The third-order valence-electron chi connectivity index (χ3n) is 4.48. The number of carbonyl (C=O) groups excluding carboxylic acids is 2. The van der Waals surface area contributed by atoms with Crippen molar-refractivity contribution in [1.82, 2.24) is 9.80 Å². The van der Waals surface area contributed by atoms with Crippen LogP contribution in [0.3, 0.4) is 0 Å². The minimum absolute atomic E-state index is 0.0295. The van der Waals surface area contributed by atoms with Gasteiger partial charge >= 0.3 is 0 Å². The lowest BCUT2D eigenvalue weighted by molar-refractivity contribution is -0.131. The molecule has 0 aromatic heterocycles. The zero-order valence-electron chi connectivity index (χ0n) is 14.2. The molecule has 5 heteroatoms. The maximum Gasteiger partial charge on any atom is 0.253 e. The van der Waals surface area contributed by atoms with Gasteiger partial charge in [0.1, 0.15) is 0 Å². The van der Waals surface area contributed by atoms with Gasteiger partial charge in [0, 0.05) is 36.8 Å². The van der Waals surface area contributed by atoms with Crippen molar-refractivity contribution in [2.45, 2.75) is 13.3 Å². The number of piperazine rings is 1. The van der Waals surface area contributed by atoms with Crippen LogP contribution >= 0.6 is 11.6 Å². The predicted octanol–water partition coefficient (Wildman–Crippen LogP) is 3.18. The van der Waals surface area contributed by atoms with Crippen molar-refractivity contribution in [3.63, 3.8) is 0 Å². The Hall–Kier alpha value is -2.33. The Morgan fingerprint density at radius 3 is 2.32 bits per heavy atom. The van der Waals surface area contributed by atoms with E-state index in [0.29, 0.717) is 43.2 Å². The molecule has 0 atom stereocenters. The summed E-state index contributed by atoms with van der Waals surface area (Å²) in [6, 6.07) is 15.0. The van der Waals surface area contributed by atoms with E-state index >= 15 is 0 Å². The minimum atomic E-state index is 0.0295. The van der Waals surface area contributed by atoms with Crippen LogP contribution in [-0.2, 0) is 11.2 Å². The van der Waals surface area contributed by atoms with E-state index in [1.807, 2.05) is 59.2 Å². The van der Waals surface area contributed by atoms with E-state index in [1.165, 1.54) is 0 Å². The third-order valence-corrected chi connectivity index (χ3v) is 4.85. The second-order valence-corrected chi connectivity index (χ2v) is 6.72. The number of hydrogen-bond donors (Lipinski definition) is 0. The van der Waals surface area contributed by atoms with E-state index in [0.717, 1.165) is 11.1 Å². The second-order valence-electron chi connectivity index (χ2n) is 6.31. The topological polar surface area (TPSA) is 40.6 Å². The highest BCUT2D eigenvalue weighted by molar-refractivity contribution is 6.31. The molecule has 1 saturated heterocycles. The van der Waals surface area contributed by atoms with Crippen LogP contribution in [-0.4, -0.2) is 47.8 Å². The fourth-order valence-corrected chi connectivity index (χ4v) is 3.24. The van der Waals surface area contributed by atoms with E-state index in [4.69, 9.17) is 11.6 Å². The molecule has 0 radical (unpaired) electrons. The third kappa shape index (κ3) is 4.20. The summed E-state index contributed by atoms with van der Waals surface area (Å²) in [6.07, 6.45) is 0.297. The van der Waals surface area contributed by atoms with E-state index in [1.54, 1.807) is 6.07 Å². The quantitative estimate of drug-likeness (QED) is 0.847. The minimum Gasteiger partial charge on any atom is -0.339 e. The Morgan fingerprint density at radius 1 is 0.960 bits per heavy atom. The van der Waals surface area contributed by atoms with E-state index < -0.39 is 0 Å². The predicted molar refractivity (Wildman–Crippen MR) is 98.8 cm³/mol. The summed E-state index contributed by atoms with van der Waals surface area (Å²) in [5, 5.41) is 0.615. The smallest absolute Gasteiger partial charge is 0.253 e. The summed E-state index contributed by atoms with van der Waals surface area (Å²) in [7, 11) is 0. The SMILES string of the molecule is Cc1cccc(C(=O)N2CCN(C(=O)Cc3ccccc3Cl)CC2)c1. The molecule has 4 nitrogen and oxygen atoms in total. The Kier molecular flexibility index (Phi) is 5.39. The lowest BCUT2D eigenvalue weighted by Crippen LogP contribution is -2.51. The van der Waals surface area contributed by atoms with E-state index in [2.05, 4.69) is 0 Å². The molecule has 1 aliphatic rings. The average Bonchev–Trinajstić information content (AvgIpc) is 2.63. The van der Waals surface area contributed by atoms with Crippen LogP contribution in [0.25, 0.3) is 0 Å². The number of aryl methyl sites for hydroxylation is 1. The average molecular weight is 357 g/mol. The molecular weight excluding hydrogens is 336 g/mol. The van der Waals surface area contributed by atoms with Crippen molar-refractivity contribution in [2.75, 3.05) is 26.2 Å². The Labute approximate surface area is 153 Å². The highest BCUT2D eigenvalue weighted by Gasteiger charge is 2.25. The maximum absolute atomic E-state index is 12.6. The van der Waals surface area contributed by atoms with E-state index in [9.17, 15) is 9.59 Å². The van der Waals surface area contributed by atoms with Gasteiger partial charge in [0.2, 0.25) is 5.91 Å². The van der Waals surface area contributed by atoms with Crippen LogP contribution in [0.4, 0.5) is 0 Å². The van der Waals surface area contributed by atoms with Crippen LogP contribution in [0.1, 0.15) is 21.5 Å². The summed E-state index contributed by atoms with van der Waals surface area (Å²) in [5.41, 5.74) is 2.61. The molecule has 2 amide bonds. The highest BCUT2D eigenvalue weighted by Crippen LogP contribution is 2.17. The molecule has 2 aromatic rings. The first-order chi connectivity index (χ1) is 12.0. The molecule has 1 heterocycles. The summed E-state index contributed by atoms with van der Waals surface area (Å²) in [5.74, 6) is 0.0812. The van der Waals surface area contributed by atoms with Gasteiger partial charge in [-0.25, -0.2) is 0 Å². The van der Waals surface area contributed by atoms with Gasteiger partial charge in [-0.3, -0.25) is 9.59 Å². The number of benzene rings is 2. The molecule has 130 valence electrons. The molecule has 0 unspecified atom stereocenters. The number of hydrogen-bond acceptors (Lipinski definition) is 2. The molecule has 0 saturated carbocycles. The van der Waals surface area contributed by atoms with Crippen molar-refractivity contribution >= 4 is 23.4 Å². The summed E-state index contributed by atoms with van der Waals surface area (Å²) < 4.78 is 0. The number of nitrogens with zero attached hydrogens (tertiary/aromatic N) is 2. The van der Waals surface area contributed by atoms with Crippen molar-refractivity contribution in [1.29, 1.82) is 0 Å². The lowest BCUT2D eigenvalue weighted by Gasteiger charge is -2.35. The zero-order valence-corrected chi connectivity index (χ0v) is 15.0. The largest absolute Gasteiger partial charge is 0.339 e. The highest BCUT2D eigenvalue weighted by atomic mass is 35.5. The van der Waals surface area contributed by atoms with Crippen molar-refractivity contribution in [3.05, 3.63) is 70.2 Å². The van der Waals surface area contributed by atoms with Crippen LogP contribution in [0.5, 0.6) is 0 Å². The summed E-state index contributed by atoms with van der Waals surface area (Å²) >= 11 is 6.13. The molecular formula is C20H21ClN2O2. The first-order valence-corrected chi connectivity index (χ1v) is 8.79.